The van der Waals surface area contributed by atoms with Crippen LogP contribution in [0.1, 0.15) is 35.2 Å². The first-order valence-electron chi connectivity index (χ1n) is 6.71. The molecule has 0 amide bonds. The molecule has 0 bridgehead atoms. The van der Waals surface area contributed by atoms with Crippen LogP contribution >= 0.6 is 0 Å². The predicted octanol–water partition coefficient (Wildman–Crippen LogP) is 2.80. The van der Waals surface area contributed by atoms with Gasteiger partial charge in [-0.15, -0.1) is 0 Å². The predicted molar refractivity (Wildman–Crippen MR) is 68.7 cm³/mol. The Balaban J connectivity index is 1.66. The van der Waals surface area contributed by atoms with Crippen molar-refractivity contribution in [2.75, 3.05) is 6.54 Å². The molecule has 0 aliphatic heterocycles. The summed E-state index contributed by atoms with van der Waals surface area (Å²) in [5.74, 6) is 0.795. The van der Waals surface area contributed by atoms with Gasteiger partial charge in [0.15, 0.2) is 5.82 Å². The third-order valence-corrected chi connectivity index (χ3v) is 3.53. The Labute approximate surface area is 119 Å². The normalized spacial score (nSPS) is 18.0. The summed E-state index contributed by atoms with van der Waals surface area (Å²) in [4.78, 5) is 4.20. The monoisotopic (exact) mass is 297 g/mol. The minimum absolute atomic E-state index is 0.0707. The highest BCUT2D eigenvalue weighted by atomic mass is 19.4. The first kappa shape index (κ1) is 14.1. The number of hydrogen-bond donors (Lipinski definition) is 1. The molecular weight excluding hydrogens is 283 g/mol. The Hall–Kier alpha value is -1.89. The van der Waals surface area contributed by atoms with E-state index in [0.29, 0.717) is 5.82 Å². The summed E-state index contributed by atoms with van der Waals surface area (Å²) in [6.07, 6.45) is -2.39. The van der Waals surface area contributed by atoms with Gasteiger partial charge in [-0.05, 0) is 24.0 Å². The van der Waals surface area contributed by atoms with Gasteiger partial charge in [0.05, 0.1) is 13.1 Å². The molecule has 2 aromatic rings. The van der Waals surface area contributed by atoms with Crippen molar-refractivity contribution in [2.45, 2.75) is 31.5 Å². The first-order valence-corrected chi connectivity index (χ1v) is 6.71. The highest BCUT2D eigenvalue weighted by molar-refractivity contribution is 5.38. The van der Waals surface area contributed by atoms with Gasteiger partial charge < -0.3 is 9.84 Å². The fourth-order valence-corrected chi connectivity index (χ4v) is 2.62. The molecular formula is C14H14F3N3O. The maximum atomic E-state index is 12.0. The molecule has 1 atom stereocenters. The lowest BCUT2D eigenvalue weighted by atomic mass is 10.0. The van der Waals surface area contributed by atoms with E-state index in [1.807, 2.05) is 18.2 Å². The molecule has 0 spiro atoms. The van der Waals surface area contributed by atoms with Gasteiger partial charge in [0.25, 0.3) is 0 Å². The zero-order valence-electron chi connectivity index (χ0n) is 11.2. The lowest BCUT2D eigenvalue weighted by Crippen LogP contribution is -2.28. The van der Waals surface area contributed by atoms with E-state index >= 15 is 0 Å². The topological polar surface area (TPSA) is 51.0 Å². The number of alkyl halides is 3. The molecule has 7 heteroatoms. The van der Waals surface area contributed by atoms with Crippen LogP contribution in [0.4, 0.5) is 13.2 Å². The summed E-state index contributed by atoms with van der Waals surface area (Å²) in [5.41, 5.74) is 2.44. The third kappa shape index (κ3) is 3.24. The number of hydrogen-bond acceptors (Lipinski definition) is 4. The van der Waals surface area contributed by atoms with Crippen LogP contribution in [0.25, 0.3) is 0 Å². The Morgan fingerprint density at radius 1 is 1.29 bits per heavy atom. The molecule has 0 radical (unpaired) electrons. The SMILES string of the molecule is FC(F)(F)CNCc1nc(C2CCc3ccccc32)no1. The number of aryl methyl sites for hydroxylation is 1. The third-order valence-electron chi connectivity index (χ3n) is 3.53. The second kappa shape index (κ2) is 5.48. The summed E-state index contributed by atoms with van der Waals surface area (Å²) in [7, 11) is 0. The summed E-state index contributed by atoms with van der Waals surface area (Å²) in [6, 6.07) is 8.05. The molecule has 1 aliphatic carbocycles. The van der Waals surface area contributed by atoms with Gasteiger partial charge in [-0.1, -0.05) is 29.4 Å². The number of halogens is 3. The smallest absolute Gasteiger partial charge is 0.338 e. The highest BCUT2D eigenvalue weighted by Gasteiger charge is 2.28. The van der Waals surface area contributed by atoms with Gasteiger partial charge in [0.2, 0.25) is 5.89 Å². The van der Waals surface area contributed by atoms with Crippen molar-refractivity contribution in [3.05, 3.63) is 47.1 Å². The van der Waals surface area contributed by atoms with Gasteiger partial charge in [-0.2, -0.15) is 18.2 Å². The van der Waals surface area contributed by atoms with Crippen LogP contribution in [-0.2, 0) is 13.0 Å². The van der Waals surface area contributed by atoms with Crippen LogP contribution in [0.3, 0.4) is 0 Å². The van der Waals surface area contributed by atoms with Crippen molar-refractivity contribution >= 4 is 0 Å². The zero-order chi connectivity index (χ0) is 14.9. The molecule has 1 N–H and O–H groups in total. The second-order valence-corrected chi connectivity index (χ2v) is 5.06. The van der Waals surface area contributed by atoms with E-state index in [9.17, 15) is 13.2 Å². The van der Waals surface area contributed by atoms with Crippen molar-refractivity contribution in [1.29, 1.82) is 0 Å². The van der Waals surface area contributed by atoms with E-state index in [0.717, 1.165) is 12.8 Å². The van der Waals surface area contributed by atoms with E-state index in [1.54, 1.807) is 0 Å². The van der Waals surface area contributed by atoms with Crippen LogP contribution in [0.2, 0.25) is 0 Å². The number of rotatable bonds is 4. The molecule has 1 heterocycles. The fourth-order valence-electron chi connectivity index (χ4n) is 2.62. The van der Waals surface area contributed by atoms with Crippen LogP contribution in [-0.4, -0.2) is 22.9 Å². The highest BCUT2D eigenvalue weighted by Crippen LogP contribution is 2.36. The molecule has 1 aromatic carbocycles. The molecule has 1 aliphatic rings. The summed E-state index contributed by atoms with van der Waals surface area (Å²) < 4.78 is 41.2. The molecule has 0 saturated carbocycles. The van der Waals surface area contributed by atoms with Crippen LogP contribution < -0.4 is 5.32 Å². The number of aromatic nitrogens is 2. The maximum Gasteiger partial charge on any atom is 0.401 e. The van der Waals surface area contributed by atoms with Gasteiger partial charge in [-0.25, -0.2) is 0 Å². The summed E-state index contributed by atoms with van der Waals surface area (Å²) in [6.45, 7) is -1.15. The van der Waals surface area contributed by atoms with E-state index in [1.165, 1.54) is 11.1 Å². The maximum absolute atomic E-state index is 12.0. The Morgan fingerprint density at radius 3 is 2.90 bits per heavy atom. The van der Waals surface area contributed by atoms with Gasteiger partial charge in [0.1, 0.15) is 0 Å². The average Bonchev–Trinajstić information content (AvgIpc) is 3.03. The van der Waals surface area contributed by atoms with E-state index in [2.05, 4.69) is 21.5 Å². The number of benzene rings is 1. The van der Waals surface area contributed by atoms with Gasteiger partial charge in [-0.3, -0.25) is 0 Å². The van der Waals surface area contributed by atoms with E-state index < -0.39 is 12.7 Å². The molecule has 1 aromatic heterocycles. The Morgan fingerprint density at radius 2 is 2.10 bits per heavy atom. The van der Waals surface area contributed by atoms with Gasteiger partial charge in [0, 0.05) is 5.92 Å². The fraction of sp³-hybridized carbons (Fsp3) is 0.429. The van der Waals surface area contributed by atoms with Crippen molar-refractivity contribution in [3.63, 3.8) is 0 Å². The summed E-state index contributed by atoms with van der Waals surface area (Å²) in [5, 5.41) is 6.15. The van der Waals surface area contributed by atoms with E-state index in [4.69, 9.17) is 4.52 Å². The molecule has 21 heavy (non-hydrogen) atoms. The van der Waals surface area contributed by atoms with Crippen molar-refractivity contribution in [1.82, 2.24) is 15.5 Å². The first-order chi connectivity index (χ1) is 10.0. The van der Waals surface area contributed by atoms with Crippen LogP contribution in [0, 0.1) is 0 Å². The largest absolute Gasteiger partial charge is 0.401 e. The second-order valence-electron chi connectivity index (χ2n) is 5.06. The lowest BCUT2D eigenvalue weighted by Gasteiger charge is -2.06. The molecule has 0 saturated heterocycles. The Kier molecular flexibility index (Phi) is 3.67. The molecule has 3 rings (SSSR count). The average molecular weight is 297 g/mol. The number of fused-ring (bicyclic) bond motifs is 1. The summed E-state index contributed by atoms with van der Waals surface area (Å²) >= 11 is 0. The quantitative estimate of drug-likeness (QED) is 0.943. The van der Waals surface area contributed by atoms with Crippen LogP contribution in [0.5, 0.6) is 0 Å². The van der Waals surface area contributed by atoms with Crippen molar-refractivity contribution < 1.29 is 17.7 Å². The van der Waals surface area contributed by atoms with E-state index in [-0.39, 0.29) is 18.4 Å². The number of nitrogens with one attached hydrogen (secondary N) is 1. The van der Waals surface area contributed by atoms with Crippen LogP contribution in [0.15, 0.2) is 28.8 Å². The van der Waals surface area contributed by atoms with Gasteiger partial charge >= 0.3 is 6.18 Å². The minimum atomic E-state index is -4.24. The molecule has 1 unspecified atom stereocenters. The molecule has 0 fully saturated rings. The zero-order valence-corrected chi connectivity index (χ0v) is 11.2. The van der Waals surface area contributed by atoms with Crippen molar-refractivity contribution in [2.24, 2.45) is 0 Å². The minimum Gasteiger partial charge on any atom is -0.338 e. The standard InChI is InChI=1S/C14H14F3N3O/c15-14(16,17)8-18-7-12-19-13(20-21-12)11-6-5-9-3-1-2-4-10(9)11/h1-4,11,18H,5-8H2. The molecule has 112 valence electrons. The Bertz CT molecular complexity index is 624. The van der Waals surface area contributed by atoms with Crippen molar-refractivity contribution in [3.8, 4) is 0 Å². The number of nitrogens with zero attached hydrogens (tertiary/aromatic N) is 2. The lowest BCUT2D eigenvalue weighted by molar-refractivity contribution is -0.125. The molecule has 4 nitrogen and oxygen atoms in total.